The maximum atomic E-state index is 12.8. The molecule has 0 N–H and O–H groups in total. The predicted octanol–water partition coefficient (Wildman–Crippen LogP) is 10.2. The van der Waals surface area contributed by atoms with Gasteiger partial charge in [-0.25, -0.2) is 0 Å². The number of nitrogens with zero attached hydrogens (tertiary/aromatic N) is 2. The highest BCUT2D eigenvalue weighted by atomic mass is 32.2. The van der Waals surface area contributed by atoms with Crippen LogP contribution < -0.4 is 0 Å². The second kappa shape index (κ2) is 34.1. The van der Waals surface area contributed by atoms with Gasteiger partial charge in [0.1, 0.15) is 13.2 Å². The van der Waals surface area contributed by atoms with Crippen molar-refractivity contribution in [1.82, 2.24) is 9.80 Å². The van der Waals surface area contributed by atoms with E-state index in [1.807, 2.05) is 19.0 Å². The van der Waals surface area contributed by atoms with Gasteiger partial charge in [-0.05, 0) is 26.9 Å². The highest BCUT2D eigenvalue weighted by molar-refractivity contribution is 8.13. The number of hydrogen-bond acceptors (Lipinski definition) is 7. The minimum absolute atomic E-state index is 0.0697. The van der Waals surface area contributed by atoms with Crippen molar-refractivity contribution in [3.63, 3.8) is 0 Å². The minimum Gasteiger partial charge on any atom is -0.464 e. The molecule has 0 aliphatic carbocycles. The molecule has 0 aromatic heterocycles. The van der Waals surface area contributed by atoms with Crippen molar-refractivity contribution in [3.05, 3.63) is 0 Å². The molecule has 7 nitrogen and oxygen atoms in total. The third-order valence-corrected chi connectivity index (χ3v) is 9.13. The molecule has 0 aliphatic rings. The molecule has 0 radical (unpaired) electrons. The standard InChI is InChI=1S/C37H72N2O5S/c1-5-7-9-11-13-15-17-19-21-23-25-27-35(40)43-32-29-39(37(42)45-34-31-38(3)4)30-33-44-36(41)28-26-24-22-20-18-16-14-12-10-8-6-2/h5-34H2,1-4H3. The lowest BCUT2D eigenvalue weighted by Crippen LogP contribution is -2.35. The first-order valence-corrected chi connectivity index (χ1v) is 19.8. The fraction of sp³-hybridized carbons (Fsp3) is 0.919. The van der Waals surface area contributed by atoms with E-state index in [1.165, 1.54) is 127 Å². The lowest BCUT2D eigenvalue weighted by atomic mass is 10.1. The molecule has 0 unspecified atom stereocenters. The van der Waals surface area contributed by atoms with Crippen LogP contribution >= 0.6 is 11.8 Å². The van der Waals surface area contributed by atoms with Crippen LogP contribution in [-0.4, -0.2) is 79.7 Å². The number of unbranched alkanes of at least 4 members (excludes halogenated alkanes) is 20. The highest BCUT2D eigenvalue weighted by Gasteiger charge is 2.16. The molecule has 0 aliphatic heterocycles. The Morgan fingerprint density at radius 2 is 0.822 bits per heavy atom. The van der Waals surface area contributed by atoms with Crippen LogP contribution in [0.3, 0.4) is 0 Å². The number of ether oxygens (including phenoxy) is 2. The fourth-order valence-electron chi connectivity index (χ4n) is 5.25. The van der Waals surface area contributed by atoms with Crippen LogP contribution in [0.25, 0.3) is 0 Å². The molecule has 0 heterocycles. The zero-order chi connectivity index (χ0) is 33.2. The normalized spacial score (nSPS) is 11.2. The maximum absolute atomic E-state index is 12.8. The summed E-state index contributed by atoms with van der Waals surface area (Å²) in [5.41, 5.74) is 0. The summed E-state index contributed by atoms with van der Waals surface area (Å²) in [5.74, 6) is 0.286. The van der Waals surface area contributed by atoms with Gasteiger partial charge in [-0.2, -0.15) is 0 Å². The molecule has 0 aromatic carbocycles. The summed E-state index contributed by atoms with van der Waals surface area (Å²) in [6, 6.07) is 0. The van der Waals surface area contributed by atoms with Gasteiger partial charge in [0.15, 0.2) is 0 Å². The SMILES string of the molecule is CCCCCCCCCCCCCC(=O)OCCN(CCOC(=O)CCCCCCCCCCCCC)C(=O)SCCN(C)C. The van der Waals surface area contributed by atoms with Gasteiger partial charge >= 0.3 is 11.9 Å². The van der Waals surface area contributed by atoms with E-state index in [-0.39, 0.29) is 30.4 Å². The van der Waals surface area contributed by atoms with E-state index in [4.69, 9.17) is 9.47 Å². The average Bonchev–Trinajstić information content (AvgIpc) is 3.01. The Bertz CT molecular complexity index is 648. The Balaban J connectivity index is 4.10. The second-order valence-electron chi connectivity index (χ2n) is 12.9. The molecule has 1 amide bonds. The monoisotopic (exact) mass is 657 g/mol. The molecule has 8 heteroatoms. The van der Waals surface area contributed by atoms with Gasteiger partial charge in [0.2, 0.25) is 0 Å². The molecule has 0 saturated heterocycles. The van der Waals surface area contributed by atoms with Gasteiger partial charge in [-0.15, -0.1) is 0 Å². The molecule has 0 atom stereocenters. The van der Waals surface area contributed by atoms with Crippen molar-refractivity contribution in [1.29, 1.82) is 0 Å². The zero-order valence-electron chi connectivity index (χ0n) is 30.1. The van der Waals surface area contributed by atoms with E-state index in [9.17, 15) is 14.4 Å². The molecule has 0 bridgehead atoms. The first-order chi connectivity index (χ1) is 21.9. The van der Waals surface area contributed by atoms with Crippen LogP contribution in [0, 0.1) is 0 Å². The van der Waals surface area contributed by atoms with E-state index >= 15 is 0 Å². The molecular formula is C37H72N2O5S. The van der Waals surface area contributed by atoms with Gasteiger partial charge in [-0.3, -0.25) is 14.4 Å². The van der Waals surface area contributed by atoms with Crippen molar-refractivity contribution in [2.45, 2.75) is 168 Å². The first-order valence-electron chi connectivity index (χ1n) is 18.8. The van der Waals surface area contributed by atoms with Crippen molar-refractivity contribution < 1.29 is 23.9 Å². The Hall–Kier alpha value is -1.28. The molecule has 0 rings (SSSR count). The quantitative estimate of drug-likeness (QED) is 0.0514. The van der Waals surface area contributed by atoms with Crippen LogP contribution in [0.1, 0.15) is 168 Å². The van der Waals surface area contributed by atoms with Gasteiger partial charge in [-0.1, -0.05) is 154 Å². The fourth-order valence-corrected chi connectivity index (χ4v) is 6.25. The molecule has 0 saturated carbocycles. The number of carbonyl (C=O) groups is 3. The van der Waals surface area contributed by atoms with Crippen LogP contribution in [-0.2, 0) is 19.1 Å². The highest BCUT2D eigenvalue weighted by Crippen LogP contribution is 2.14. The smallest absolute Gasteiger partial charge is 0.305 e. The van der Waals surface area contributed by atoms with Crippen LogP contribution in [0.2, 0.25) is 0 Å². The van der Waals surface area contributed by atoms with Crippen molar-refractivity contribution in [2.24, 2.45) is 0 Å². The number of esters is 2. The topological polar surface area (TPSA) is 76.1 Å². The van der Waals surface area contributed by atoms with Crippen molar-refractivity contribution in [2.75, 3.05) is 52.7 Å². The molecular weight excluding hydrogens is 584 g/mol. The van der Waals surface area contributed by atoms with Crippen LogP contribution in [0.15, 0.2) is 0 Å². The van der Waals surface area contributed by atoms with Gasteiger partial charge < -0.3 is 19.3 Å². The minimum atomic E-state index is -0.197. The van der Waals surface area contributed by atoms with E-state index in [2.05, 4.69) is 13.8 Å². The van der Waals surface area contributed by atoms with E-state index in [1.54, 1.807) is 4.90 Å². The van der Waals surface area contributed by atoms with E-state index in [0.29, 0.717) is 31.7 Å². The summed E-state index contributed by atoms with van der Waals surface area (Å²) in [4.78, 5) is 41.0. The Kier molecular flexibility index (Phi) is 33.1. The summed E-state index contributed by atoms with van der Waals surface area (Å²) in [6.07, 6.45) is 28.2. The summed E-state index contributed by atoms with van der Waals surface area (Å²) in [6.45, 7) is 6.27. The predicted molar refractivity (Wildman–Crippen MR) is 192 cm³/mol. The number of hydrogen-bond donors (Lipinski definition) is 0. The number of carbonyl (C=O) groups excluding carboxylic acids is 3. The lowest BCUT2D eigenvalue weighted by molar-refractivity contribution is -0.144. The Morgan fingerprint density at radius 3 is 1.16 bits per heavy atom. The summed E-state index contributed by atoms with van der Waals surface area (Å²) >= 11 is 1.25. The number of thioether (sulfide) groups is 1. The molecule has 45 heavy (non-hydrogen) atoms. The lowest BCUT2D eigenvalue weighted by Gasteiger charge is -2.22. The number of rotatable bonds is 33. The summed E-state index contributed by atoms with van der Waals surface area (Å²) in [7, 11) is 3.96. The zero-order valence-corrected chi connectivity index (χ0v) is 30.9. The average molecular weight is 657 g/mol. The van der Waals surface area contributed by atoms with Gasteiger partial charge in [0.05, 0.1) is 13.1 Å². The third-order valence-electron chi connectivity index (χ3n) is 8.24. The van der Waals surface area contributed by atoms with Gasteiger partial charge in [0, 0.05) is 25.1 Å². The summed E-state index contributed by atoms with van der Waals surface area (Å²) < 4.78 is 10.9. The van der Waals surface area contributed by atoms with E-state index in [0.717, 1.165) is 32.2 Å². The molecule has 0 spiro atoms. The van der Waals surface area contributed by atoms with E-state index < -0.39 is 0 Å². The van der Waals surface area contributed by atoms with Crippen molar-refractivity contribution >= 4 is 28.9 Å². The number of amides is 1. The third kappa shape index (κ3) is 32.5. The second-order valence-corrected chi connectivity index (χ2v) is 14.0. The first kappa shape index (κ1) is 43.7. The van der Waals surface area contributed by atoms with Crippen molar-refractivity contribution in [3.8, 4) is 0 Å². The maximum Gasteiger partial charge on any atom is 0.305 e. The van der Waals surface area contributed by atoms with Gasteiger partial charge in [0.25, 0.3) is 5.24 Å². The molecule has 266 valence electrons. The molecule has 0 aromatic rings. The largest absolute Gasteiger partial charge is 0.464 e. The van der Waals surface area contributed by atoms with Crippen LogP contribution in [0.4, 0.5) is 4.79 Å². The Labute approximate surface area is 282 Å². The van der Waals surface area contributed by atoms with Crippen LogP contribution in [0.5, 0.6) is 0 Å². The summed E-state index contributed by atoms with van der Waals surface area (Å²) in [5, 5.41) is -0.0697. The Morgan fingerprint density at radius 1 is 0.489 bits per heavy atom. The molecule has 0 fully saturated rings.